The summed E-state index contributed by atoms with van der Waals surface area (Å²) in [6.07, 6.45) is 8.42. The molecule has 0 unspecified atom stereocenters. The van der Waals surface area contributed by atoms with Crippen molar-refractivity contribution in [2.24, 2.45) is 0 Å². The van der Waals surface area contributed by atoms with E-state index >= 15 is 0 Å². The molecule has 0 spiro atoms. The summed E-state index contributed by atoms with van der Waals surface area (Å²) in [7, 11) is 0. The smallest absolute Gasteiger partial charge is 0.0618 e. The van der Waals surface area contributed by atoms with E-state index < -0.39 is 11.5 Å². The summed E-state index contributed by atoms with van der Waals surface area (Å²) in [6.45, 7) is 1.90. The molecule has 0 amide bonds. The average Bonchev–Trinajstić information content (AvgIpc) is 2.31. The lowest BCUT2D eigenvalue weighted by molar-refractivity contribution is -0.321. The topological polar surface area (TPSA) is 79.9 Å². The number of aliphatic carboxylic acids is 1. The summed E-state index contributed by atoms with van der Waals surface area (Å²) < 4.78 is 0. The first kappa shape index (κ1) is 13.5. The molecular formula is C12H24N2O2. The van der Waals surface area contributed by atoms with Crippen LogP contribution in [0.4, 0.5) is 0 Å². The minimum Gasteiger partial charge on any atom is -0.548 e. The van der Waals surface area contributed by atoms with Crippen LogP contribution >= 0.6 is 0 Å². The molecule has 4 N–H and O–H groups in total. The molecule has 2 rings (SSSR count). The molecule has 94 valence electrons. The molecule has 0 aromatic rings. The number of carboxylic acids is 1. The van der Waals surface area contributed by atoms with E-state index in [9.17, 15) is 9.90 Å². The molecule has 1 heterocycles. The fourth-order valence-electron chi connectivity index (χ4n) is 3.11. The third-order valence-corrected chi connectivity index (χ3v) is 4.02. The zero-order valence-corrected chi connectivity index (χ0v) is 10.3. The number of carbonyl (C=O) groups is 1. The molecule has 1 saturated heterocycles. The Morgan fingerprint density at radius 1 is 0.938 bits per heavy atom. The Morgan fingerprint density at radius 2 is 1.44 bits per heavy atom. The number of carbonyl (C=O) groups excluding carboxylic acids is 1. The number of hydrogen-bond acceptors (Lipinski definition) is 3. The Morgan fingerprint density at radius 3 is 1.94 bits per heavy atom. The van der Waals surface area contributed by atoms with Crippen LogP contribution in [0.3, 0.4) is 0 Å². The van der Waals surface area contributed by atoms with Crippen LogP contribution in [0.5, 0.6) is 0 Å². The highest BCUT2D eigenvalue weighted by molar-refractivity contribution is 5.76. The highest BCUT2D eigenvalue weighted by Crippen LogP contribution is 2.35. The van der Waals surface area contributed by atoms with Crippen molar-refractivity contribution in [2.75, 3.05) is 13.1 Å². The van der Waals surface area contributed by atoms with Crippen molar-refractivity contribution in [1.82, 2.24) is 11.1 Å². The number of quaternary nitrogens is 1. The van der Waals surface area contributed by atoms with Crippen LogP contribution in [-0.4, -0.2) is 29.5 Å². The Balaban J connectivity index is 0.00000128. The van der Waals surface area contributed by atoms with Crippen LogP contribution in [0.15, 0.2) is 0 Å². The molecule has 0 bridgehead atoms. The second kappa shape index (κ2) is 5.64. The summed E-state index contributed by atoms with van der Waals surface area (Å²) >= 11 is 0. The maximum atomic E-state index is 11.4. The number of likely N-dealkylation sites (tertiary alicyclic amines) is 1. The highest BCUT2D eigenvalue weighted by atomic mass is 16.4. The van der Waals surface area contributed by atoms with Gasteiger partial charge in [0.05, 0.1) is 11.5 Å². The van der Waals surface area contributed by atoms with Gasteiger partial charge in [-0.25, -0.2) is 0 Å². The predicted molar refractivity (Wildman–Crippen MR) is 62.2 cm³/mol. The first-order valence-electron chi connectivity index (χ1n) is 6.22. The second-order valence-corrected chi connectivity index (χ2v) is 4.93. The average molecular weight is 228 g/mol. The first-order chi connectivity index (χ1) is 7.26. The zero-order chi connectivity index (χ0) is 10.7. The lowest BCUT2D eigenvalue weighted by atomic mass is 9.79. The van der Waals surface area contributed by atoms with Gasteiger partial charge in [-0.1, -0.05) is 25.7 Å². The maximum Gasteiger partial charge on any atom is 0.0618 e. The van der Waals surface area contributed by atoms with E-state index in [4.69, 9.17) is 0 Å². The van der Waals surface area contributed by atoms with Gasteiger partial charge >= 0.3 is 0 Å². The van der Waals surface area contributed by atoms with Crippen LogP contribution in [-0.2, 0) is 4.79 Å². The van der Waals surface area contributed by atoms with Gasteiger partial charge in [-0.15, -0.1) is 0 Å². The minimum atomic E-state index is -0.830. The van der Waals surface area contributed by atoms with E-state index in [1.165, 1.54) is 12.8 Å². The van der Waals surface area contributed by atoms with Crippen LogP contribution in [0.1, 0.15) is 51.4 Å². The molecule has 0 aromatic heterocycles. The van der Waals surface area contributed by atoms with E-state index in [1.807, 2.05) is 0 Å². The molecule has 1 aliphatic carbocycles. The number of rotatable bonds is 2. The lowest BCUT2D eigenvalue weighted by Gasteiger charge is -2.48. The van der Waals surface area contributed by atoms with Gasteiger partial charge in [0.1, 0.15) is 0 Å². The zero-order valence-electron chi connectivity index (χ0n) is 10.3. The molecule has 0 radical (unpaired) electrons. The molecule has 2 aliphatic rings. The van der Waals surface area contributed by atoms with Gasteiger partial charge in [0.2, 0.25) is 0 Å². The molecule has 0 aromatic carbocycles. The summed E-state index contributed by atoms with van der Waals surface area (Å²) in [5, 5.41) is 11.4. The van der Waals surface area contributed by atoms with Gasteiger partial charge in [-0.2, -0.15) is 0 Å². The maximum absolute atomic E-state index is 11.4. The molecule has 2 fully saturated rings. The molecule has 0 atom stereocenters. The lowest BCUT2D eigenvalue weighted by Crippen LogP contribution is -2.62. The summed E-state index contributed by atoms with van der Waals surface area (Å²) in [4.78, 5) is 13.6. The fourth-order valence-corrected chi connectivity index (χ4v) is 3.11. The van der Waals surface area contributed by atoms with Crippen molar-refractivity contribution in [2.45, 2.75) is 56.9 Å². The van der Waals surface area contributed by atoms with Crippen LogP contribution in [0, 0.1) is 0 Å². The van der Waals surface area contributed by atoms with Gasteiger partial charge in [-0.3, -0.25) is 4.90 Å². The van der Waals surface area contributed by atoms with E-state index in [-0.39, 0.29) is 6.15 Å². The highest BCUT2D eigenvalue weighted by Gasteiger charge is 2.39. The van der Waals surface area contributed by atoms with E-state index in [1.54, 1.807) is 0 Å². The first-order valence-corrected chi connectivity index (χ1v) is 6.22. The normalized spacial score (nSPS) is 25.8. The SMILES string of the molecule is O=C([O-])C1(N2CCCCC2)CCCCC1.[NH4+]. The van der Waals surface area contributed by atoms with Crippen LogP contribution in [0.25, 0.3) is 0 Å². The Kier molecular flexibility index (Phi) is 4.74. The molecule has 4 heteroatoms. The molecule has 4 nitrogen and oxygen atoms in total. The Hall–Kier alpha value is -0.610. The summed E-state index contributed by atoms with van der Waals surface area (Å²) in [5.74, 6) is -0.830. The predicted octanol–water partition coefficient (Wildman–Crippen LogP) is 1.30. The summed E-state index contributed by atoms with van der Waals surface area (Å²) in [5.41, 5.74) is -0.612. The number of carboxylic acid groups (broad SMARTS) is 1. The minimum absolute atomic E-state index is 0. The van der Waals surface area contributed by atoms with Gasteiger partial charge < -0.3 is 16.1 Å². The van der Waals surface area contributed by atoms with Crippen molar-refractivity contribution in [1.29, 1.82) is 0 Å². The number of piperidine rings is 1. The Bertz CT molecular complexity index is 231. The van der Waals surface area contributed by atoms with Gasteiger partial charge in [0.15, 0.2) is 0 Å². The van der Waals surface area contributed by atoms with Crippen molar-refractivity contribution in [3.63, 3.8) is 0 Å². The van der Waals surface area contributed by atoms with Gasteiger partial charge in [0.25, 0.3) is 0 Å². The van der Waals surface area contributed by atoms with E-state index in [2.05, 4.69) is 4.90 Å². The van der Waals surface area contributed by atoms with Gasteiger partial charge in [0, 0.05) is 0 Å². The summed E-state index contributed by atoms with van der Waals surface area (Å²) in [6, 6.07) is 0. The molecule has 16 heavy (non-hydrogen) atoms. The Labute approximate surface area is 97.6 Å². The van der Waals surface area contributed by atoms with E-state index in [0.717, 1.165) is 51.6 Å². The standard InChI is InChI=1S/C12H21NO2.H3N/c14-11(15)12(7-3-1-4-8-12)13-9-5-2-6-10-13;/h1-10H2,(H,14,15);1H3. The molecule has 1 aliphatic heterocycles. The van der Waals surface area contributed by atoms with Crippen LogP contribution < -0.4 is 11.3 Å². The van der Waals surface area contributed by atoms with Crippen molar-refractivity contribution < 1.29 is 9.90 Å². The quantitative estimate of drug-likeness (QED) is 0.773. The number of nitrogens with zero attached hydrogens (tertiary/aromatic N) is 1. The largest absolute Gasteiger partial charge is 0.548 e. The third-order valence-electron chi connectivity index (χ3n) is 4.02. The van der Waals surface area contributed by atoms with Crippen molar-refractivity contribution in [3.8, 4) is 0 Å². The monoisotopic (exact) mass is 228 g/mol. The van der Waals surface area contributed by atoms with Crippen LogP contribution in [0.2, 0.25) is 0 Å². The molecule has 1 saturated carbocycles. The van der Waals surface area contributed by atoms with Crippen molar-refractivity contribution >= 4 is 5.97 Å². The third kappa shape index (κ3) is 2.38. The van der Waals surface area contributed by atoms with E-state index in [0.29, 0.717) is 0 Å². The fraction of sp³-hybridized carbons (Fsp3) is 0.917. The molecular weight excluding hydrogens is 204 g/mol. The second-order valence-electron chi connectivity index (χ2n) is 4.93. The van der Waals surface area contributed by atoms with Gasteiger partial charge in [-0.05, 0) is 38.8 Å². The number of hydrogen-bond donors (Lipinski definition) is 1. The van der Waals surface area contributed by atoms with Crippen molar-refractivity contribution in [3.05, 3.63) is 0 Å².